The van der Waals surface area contributed by atoms with Gasteiger partial charge in [-0.3, -0.25) is 19.2 Å². The van der Waals surface area contributed by atoms with E-state index in [-0.39, 0.29) is 25.2 Å². The minimum Gasteiger partial charge on any atom is -0.481 e. The first kappa shape index (κ1) is 31.9. The van der Waals surface area contributed by atoms with Crippen molar-refractivity contribution in [2.75, 3.05) is 12.0 Å². The summed E-state index contributed by atoms with van der Waals surface area (Å²) in [4.78, 5) is 61.6. The van der Waals surface area contributed by atoms with Crippen molar-refractivity contribution < 1.29 is 34.2 Å². The van der Waals surface area contributed by atoms with Gasteiger partial charge in [0.25, 0.3) is 0 Å². The first-order chi connectivity index (χ1) is 17.4. The number of nitrogens with two attached hydrogens (primary N) is 1. The van der Waals surface area contributed by atoms with E-state index in [9.17, 15) is 29.1 Å². The number of aliphatic carboxylic acids is 2. The molecule has 37 heavy (non-hydrogen) atoms. The number of carbonyl (C=O) groups excluding carboxylic acids is 3. The van der Waals surface area contributed by atoms with E-state index in [1.807, 2.05) is 6.26 Å². The summed E-state index contributed by atoms with van der Waals surface area (Å²) in [7, 11) is 0. The molecule has 1 aromatic rings. The Morgan fingerprint density at radius 1 is 0.865 bits per heavy atom. The van der Waals surface area contributed by atoms with Crippen molar-refractivity contribution in [3.63, 3.8) is 0 Å². The van der Waals surface area contributed by atoms with Crippen LogP contribution in [0.2, 0.25) is 0 Å². The summed E-state index contributed by atoms with van der Waals surface area (Å²) in [5, 5.41) is 26.1. The fourth-order valence-electron chi connectivity index (χ4n) is 3.49. The van der Waals surface area contributed by atoms with Crippen LogP contribution in [0.4, 0.5) is 0 Å². The maximum atomic E-state index is 13.3. The van der Waals surface area contributed by atoms with Gasteiger partial charge < -0.3 is 31.9 Å². The highest BCUT2D eigenvalue weighted by Crippen LogP contribution is 2.09. The summed E-state index contributed by atoms with van der Waals surface area (Å²) in [6, 6.07) is 4.45. The van der Waals surface area contributed by atoms with Gasteiger partial charge in [-0.25, -0.2) is 4.79 Å². The second-order valence-electron chi connectivity index (χ2n) is 9.16. The maximum absolute atomic E-state index is 13.3. The van der Waals surface area contributed by atoms with Gasteiger partial charge in [-0.05, 0) is 42.8 Å². The number of carboxylic acids is 2. The normalized spacial score (nSPS) is 14.2. The van der Waals surface area contributed by atoms with Crippen LogP contribution in [0.1, 0.15) is 45.1 Å². The highest BCUT2D eigenvalue weighted by atomic mass is 32.2. The molecule has 0 aromatic heterocycles. The lowest BCUT2D eigenvalue weighted by molar-refractivity contribution is -0.143. The van der Waals surface area contributed by atoms with Gasteiger partial charge >= 0.3 is 11.9 Å². The van der Waals surface area contributed by atoms with Crippen LogP contribution in [-0.4, -0.2) is 76.0 Å². The third kappa shape index (κ3) is 12.6. The average molecular weight is 539 g/mol. The van der Waals surface area contributed by atoms with Gasteiger partial charge in [-0.1, -0.05) is 44.2 Å². The number of carboxylic acid groups (broad SMARTS) is 2. The first-order valence-corrected chi connectivity index (χ1v) is 13.5. The minimum atomic E-state index is -1.32. The van der Waals surface area contributed by atoms with E-state index in [1.54, 1.807) is 44.2 Å². The molecule has 0 aliphatic rings. The van der Waals surface area contributed by atoms with Crippen LogP contribution < -0.4 is 21.7 Å². The molecule has 4 unspecified atom stereocenters. The van der Waals surface area contributed by atoms with E-state index < -0.39 is 60.2 Å². The molecule has 1 rings (SSSR count). The van der Waals surface area contributed by atoms with Gasteiger partial charge in [-0.15, -0.1) is 0 Å². The topological polar surface area (TPSA) is 188 Å². The molecule has 0 spiro atoms. The molecule has 0 heterocycles. The second kappa shape index (κ2) is 16.6. The number of carbonyl (C=O) groups is 5. The Kier molecular flexibility index (Phi) is 14.3. The average Bonchev–Trinajstić information content (AvgIpc) is 2.83. The summed E-state index contributed by atoms with van der Waals surface area (Å²) in [5.41, 5.74) is 6.70. The summed E-state index contributed by atoms with van der Waals surface area (Å²) < 4.78 is 0. The lowest BCUT2D eigenvalue weighted by Gasteiger charge is -2.25. The molecule has 0 saturated heterocycles. The Bertz CT molecular complexity index is 914. The predicted octanol–water partition coefficient (Wildman–Crippen LogP) is 0.759. The molecule has 11 nitrogen and oxygen atoms in total. The number of nitrogens with one attached hydrogen (secondary N) is 3. The van der Waals surface area contributed by atoms with Crippen LogP contribution in [0.15, 0.2) is 30.3 Å². The van der Waals surface area contributed by atoms with Crippen molar-refractivity contribution in [2.24, 2.45) is 11.7 Å². The standard InChI is InChI=1S/C25H38N4O7S/c1-15(2)13-20(25(35)36)29-23(33)18(9-10-21(30)31)27-24(34)19(14-16-7-5-4-6-8-16)28-22(32)17(26)11-12-37-3/h4-8,15,17-20H,9-14,26H2,1-3H3,(H,27,34)(H,28,32)(H,29,33)(H,30,31)(H,35,36). The van der Waals surface area contributed by atoms with E-state index in [2.05, 4.69) is 16.0 Å². The molecule has 0 saturated carbocycles. The van der Waals surface area contributed by atoms with Crippen LogP contribution in [-0.2, 0) is 30.4 Å². The Morgan fingerprint density at radius 2 is 1.43 bits per heavy atom. The molecule has 7 N–H and O–H groups in total. The van der Waals surface area contributed by atoms with Crippen LogP contribution >= 0.6 is 11.8 Å². The largest absolute Gasteiger partial charge is 0.481 e. The molecule has 12 heteroatoms. The molecular weight excluding hydrogens is 500 g/mol. The minimum absolute atomic E-state index is 0.0331. The zero-order valence-corrected chi connectivity index (χ0v) is 22.3. The molecule has 3 amide bonds. The fraction of sp³-hybridized carbons (Fsp3) is 0.560. The van der Waals surface area contributed by atoms with E-state index in [4.69, 9.17) is 10.8 Å². The summed E-state index contributed by atoms with van der Waals surface area (Å²) in [6.07, 6.45) is 1.85. The molecule has 206 valence electrons. The summed E-state index contributed by atoms with van der Waals surface area (Å²) >= 11 is 1.53. The van der Waals surface area contributed by atoms with Gasteiger partial charge in [0.15, 0.2) is 0 Å². The van der Waals surface area contributed by atoms with Crippen molar-refractivity contribution in [1.29, 1.82) is 0 Å². The predicted molar refractivity (Wildman–Crippen MR) is 141 cm³/mol. The molecule has 0 aliphatic heterocycles. The third-order valence-electron chi connectivity index (χ3n) is 5.49. The van der Waals surface area contributed by atoms with Crippen LogP contribution in [0.3, 0.4) is 0 Å². The number of benzene rings is 1. The van der Waals surface area contributed by atoms with Crippen molar-refractivity contribution >= 4 is 41.4 Å². The van der Waals surface area contributed by atoms with E-state index in [0.29, 0.717) is 12.2 Å². The van der Waals surface area contributed by atoms with Gasteiger partial charge in [0.1, 0.15) is 18.1 Å². The zero-order valence-electron chi connectivity index (χ0n) is 21.4. The first-order valence-electron chi connectivity index (χ1n) is 12.1. The lowest BCUT2D eigenvalue weighted by Crippen LogP contribution is -2.57. The van der Waals surface area contributed by atoms with E-state index in [0.717, 1.165) is 5.56 Å². The highest BCUT2D eigenvalue weighted by Gasteiger charge is 2.31. The highest BCUT2D eigenvalue weighted by molar-refractivity contribution is 7.98. The molecule has 0 aliphatic carbocycles. The van der Waals surface area contributed by atoms with Gasteiger partial charge in [0.2, 0.25) is 17.7 Å². The zero-order chi connectivity index (χ0) is 28.0. The third-order valence-corrected chi connectivity index (χ3v) is 6.13. The van der Waals surface area contributed by atoms with Gasteiger partial charge in [-0.2, -0.15) is 11.8 Å². The summed E-state index contributed by atoms with van der Waals surface area (Å²) in [6.45, 7) is 3.60. The number of amides is 3. The maximum Gasteiger partial charge on any atom is 0.326 e. The Balaban J connectivity index is 3.11. The van der Waals surface area contributed by atoms with Crippen molar-refractivity contribution in [2.45, 2.75) is 70.1 Å². The molecule has 0 fully saturated rings. The fourth-order valence-corrected chi connectivity index (χ4v) is 3.98. The Hall–Kier alpha value is -3.12. The molecule has 4 atom stereocenters. The summed E-state index contributed by atoms with van der Waals surface area (Å²) in [5.74, 6) is -3.85. The lowest BCUT2D eigenvalue weighted by atomic mass is 10.0. The van der Waals surface area contributed by atoms with Gasteiger partial charge in [0.05, 0.1) is 6.04 Å². The SMILES string of the molecule is CSCCC(N)C(=O)NC(Cc1ccccc1)C(=O)NC(CCC(=O)O)C(=O)NC(CC(C)C)C(=O)O. The van der Waals surface area contributed by atoms with Crippen LogP contribution in [0.5, 0.6) is 0 Å². The number of rotatable bonds is 17. The number of hydrogen-bond donors (Lipinski definition) is 6. The van der Waals surface area contributed by atoms with Crippen LogP contribution in [0.25, 0.3) is 0 Å². The van der Waals surface area contributed by atoms with Crippen molar-refractivity contribution in [3.8, 4) is 0 Å². The Labute approximate surface area is 221 Å². The molecule has 0 radical (unpaired) electrons. The van der Waals surface area contributed by atoms with Crippen molar-refractivity contribution in [1.82, 2.24) is 16.0 Å². The monoisotopic (exact) mass is 538 g/mol. The Morgan fingerprint density at radius 3 is 1.97 bits per heavy atom. The smallest absolute Gasteiger partial charge is 0.326 e. The number of hydrogen-bond acceptors (Lipinski definition) is 7. The van der Waals surface area contributed by atoms with Gasteiger partial charge in [0, 0.05) is 12.8 Å². The quantitative estimate of drug-likeness (QED) is 0.166. The van der Waals surface area contributed by atoms with E-state index >= 15 is 0 Å². The van der Waals surface area contributed by atoms with Crippen LogP contribution in [0, 0.1) is 5.92 Å². The number of thioether (sulfide) groups is 1. The molecule has 0 bridgehead atoms. The molecular formula is C25H38N4O7S. The van der Waals surface area contributed by atoms with Crippen molar-refractivity contribution in [3.05, 3.63) is 35.9 Å². The van der Waals surface area contributed by atoms with E-state index in [1.165, 1.54) is 11.8 Å². The second-order valence-corrected chi connectivity index (χ2v) is 10.1. The molecule has 1 aromatic carbocycles.